The fraction of sp³-hybridized carbons (Fsp3) is 0.190. The first-order chi connectivity index (χ1) is 13.3. The third-order valence-corrected chi connectivity index (χ3v) is 4.41. The molecule has 1 unspecified atom stereocenters. The Morgan fingerprint density at radius 1 is 1.04 bits per heavy atom. The number of nitrogens with one attached hydrogen (secondary N) is 1. The molecule has 0 bridgehead atoms. The van der Waals surface area contributed by atoms with Crippen molar-refractivity contribution in [2.24, 2.45) is 0 Å². The van der Waals surface area contributed by atoms with Crippen molar-refractivity contribution >= 4 is 16.7 Å². The van der Waals surface area contributed by atoms with Crippen LogP contribution in [0.2, 0.25) is 0 Å². The van der Waals surface area contributed by atoms with E-state index in [9.17, 15) is 22.4 Å². The number of amides is 1. The van der Waals surface area contributed by atoms with E-state index < -0.39 is 37.0 Å². The van der Waals surface area contributed by atoms with Crippen molar-refractivity contribution < 1.29 is 27.5 Å². The highest BCUT2D eigenvalue weighted by Crippen LogP contribution is 2.33. The predicted molar refractivity (Wildman–Crippen MR) is 98.7 cm³/mol. The summed E-state index contributed by atoms with van der Waals surface area (Å²) in [5.41, 5.74) is 0.925. The van der Waals surface area contributed by atoms with Crippen molar-refractivity contribution in [1.82, 2.24) is 5.32 Å². The molecule has 28 heavy (non-hydrogen) atoms. The molecule has 0 fully saturated rings. The molecule has 3 nitrogen and oxygen atoms in total. The van der Waals surface area contributed by atoms with Gasteiger partial charge in [0, 0.05) is 5.56 Å². The number of benzene rings is 3. The van der Waals surface area contributed by atoms with Crippen LogP contribution in [0.5, 0.6) is 0 Å². The predicted octanol–water partition coefficient (Wildman–Crippen LogP) is 4.59. The number of hydrogen-bond donors (Lipinski definition) is 2. The molecule has 0 saturated heterocycles. The van der Waals surface area contributed by atoms with Gasteiger partial charge in [-0.1, -0.05) is 36.4 Å². The smallest absolute Gasteiger partial charge is 0.394 e. The molecule has 3 aromatic carbocycles. The van der Waals surface area contributed by atoms with Crippen LogP contribution in [0.1, 0.15) is 15.9 Å². The van der Waals surface area contributed by atoms with E-state index in [4.69, 9.17) is 5.11 Å². The third-order valence-electron chi connectivity index (χ3n) is 4.41. The van der Waals surface area contributed by atoms with E-state index in [-0.39, 0.29) is 0 Å². The van der Waals surface area contributed by atoms with Crippen LogP contribution in [-0.4, -0.2) is 30.3 Å². The number of aliphatic hydroxyl groups is 1. The second kappa shape index (κ2) is 7.98. The molecule has 0 aliphatic heterocycles. The van der Waals surface area contributed by atoms with Crippen molar-refractivity contribution in [1.29, 1.82) is 0 Å². The summed E-state index contributed by atoms with van der Waals surface area (Å²) < 4.78 is 51.0. The number of carbonyl (C=O) groups is 1. The van der Waals surface area contributed by atoms with Crippen molar-refractivity contribution in [3.8, 4) is 11.1 Å². The molecule has 7 heteroatoms. The normalized spacial score (nSPS) is 12.8. The Morgan fingerprint density at radius 3 is 2.36 bits per heavy atom. The monoisotopic (exact) mass is 391 g/mol. The van der Waals surface area contributed by atoms with Crippen LogP contribution in [0.3, 0.4) is 0 Å². The molecule has 2 N–H and O–H groups in total. The molecule has 0 spiro atoms. The first kappa shape index (κ1) is 19.8. The fourth-order valence-corrected chi connectivity index (χ4v) is 2.92. The summed E-state index contributed by atoms with van der Waals surface area (Å²) in [4.78, 5) is 12.2. The standard InChI is InChI=1S/C21H17F4NO2/c22-11-17(12-27)26-20(28)15-6-9-19-14(10-15)2-1-3-18(19)13-4-7-16(8-5-13)21(23,24)25/h1-10,17,27H,11-12H2,(H,26,28). The summed E-state index contributed by atoms with van der Waals surface area (Å²) in [6.07, 6.45) is -4.40. The number of aliphatic hydroxyl groups excluding tert-OH is 1. The Bertz CT molecular complexity index is 980. The van der Waals surface area contributed by atoms with E-state index in [1.807, 2.05) is 0 Å². The van der Waals surface area contributed by atoms with Gasteiger partial charge < -0.3 is 10.4 Å². The first-order valence-corrected chi connectivity index (χ1v) is 8.51. The topological polar surface area (TPSA) is 49.3 Å². The average molecular weight is 391 g/mol. The molecule has 0 aliphatic carbocycles. The summed E-state index contributed by atoms with van der Waals surface area (Å²) in [6.45, 7) is -1.39. The van der Waals surface area contributed by atoms with Gasteiger partial charge in [0.2, 0.25) is 0 Å². The highest BCUT2D eigenvalue weighted by molar-refractivity contribution is 6.02. The van der Waals surface area contributed by atoms with Gasteiger partial charge in [-0.15, -0.1) is 0 Å². The van der Waals surface area contributed by atoms with E-state index in [1.165, 1.54) is 12.1 Å². The number of alkyl halides is 4. The Morgan fingerprint density at radius 2 is 1.75 bits per heavy atom. The zero-order valence-corrected chi connectivity index (χ0v) is 14.6. The van der Waals surface area contributed by atoms with Gasteiger partial charge in [-0.3, -0.25) is 4.79 Å². The molecule has 0 aliphatic rings. The zero-order valence-electron chi connectivity index (χ0n) is 14.6. The van der Waals surface area contributed by atoms with Crippen LogP contribution in [0, 0.1) is 0 Å². The third kappa shape index (κ3) is 4.14. The van der Waals surface area contributed by atoms with Crippen LogP contribution in [-0.2, 0) is 6.18 Å². The number of rotatable bonds is 5. The lowest BCUT2D eigenvalue weighted by molar-refractivity contribution is -0.137. The molecule has 0 heterocycles. The molecule has 3 aromatic rings. The zero-order chi connectivity index (χ0) is 20.3. The molecule has 0 radical (unpaired) electrons. The Hall–Kier alpha value is -2.93. The number of carbonyl (C=O) groups excluding carboxylic acids is 1. The molecule has 1 amide bonds. The van der Waals surface area contributed by atoms with Gasteiger partial charge in [0.25, 0.3) is 5.91 Å². The fourth-order valence-electron chi connectivity index (χ4n) is 2.92. The van der Waals surface area contributed by atoms with Gasteiger partial charge in [-0.05, 0) is 46.2 Å². The minimum absolute atomic E-state index is 0.295. The van der Waals surface area contributed by atoms with Crippen molar-refractivity contribution in [3.05, 3.63) is 71.8 Å². The number of fused-ring (bicyclic) bond motifs is 1. The maximum atomic E-state index is 12.8. The molecule has 0 saturated carbocycles. The average Bonchev–Trinajstić information content (AvgIpc) is 2.70. The minimum Gasteiger partial charge on any atom is -0.394 e. The highest BCUT2D eigenvalue weighted by Gasteiger charge is 2.30. The van der Waals surface area contributed by atoms with Crippen molar-refractivity contribution in [2.45, 2.75) is 12.2 Å². The summed E-state index contributed by atoms with van der Waals surface area (Å²) in [5, 5.41) is 12.9. The summed E-state index contributed by atoms with van der Waals surface area (Å²) >= 11 is 0. The van der Waals surface area contributed by atoms with E-state index in [0.717, 1.165) is 23.1 Å². The Kier molecular flexibility index (Phi) is 5.65. The lowest BCUT2D eigenvalue weighted by Crippen LogP contribution is -2.39. The summed E-state index contributed by atoms with van der Waals surface area (Å²) in [6, 6.07) is 14.1. The second-order valence-corrected chi connectivity index (χ2v) is 6.32. The van der Waals surface area contributed by atoms with Crippen LogP contribution < -0.4 is 5.32 Å². The highest BCUT2D eigenvalue weighted by atomic mass is 19.4. The summed E-state index contributed by atoms with van der Waals surface area (Å²) in [7, 11) is 0. The van der Waals surface area contributed by atoms with Gasteiger partial charge in [-0.2, -0.15) is 13.2 Å². The van der Waals surface area contributed by atoms with Gasteiger partial charge in [0.05, 0.1) is 18.2 Å². The molecule has 146 valence electrons. The lowest BCUT2D eigenvalue weighted by Gasteiger charge is -2.13. The summed E-state index contributed by atoms with van der Waals surface area (Å²) in [5.74, 6) is -0.515. The van der Waals surface area contributed by atoms with E-state index >= 15 is 0 Å². The Labute approximate surface area is 158 Å². The molecular formula is C21H17F4NO2. The van der Waals surface area contributed by atoms with Crippen LogP contribution in [0.25, 0.3) is 21.9 Å². The van der Waals surface area contributed by atoms with Crippen LogP contribution in [0.4, 0.5) is 17.6 Å². The maximum absolute atomic E-state index is 12.8. The minimum atomic E-state index is -4.40. The molecular weight excluding hydrogens is 374 g/mol. The van der Waals surface area contributed by atoms with E-state index in [1.54, 1.807) is 36.4 Å². The number of hydrogen-bond acceptors (Lipinski definition) is 2. The van der Waals surface area contributed by atoms with Gasteiger partial charge in [-0.25, -0.2) is 4.39 Å². The van der Waals surface area contributed by atoms with E-state index in [2.05, 4.69) is 5.32 Å². The van der Waals surface area contributed by atoms with Crippen molar-refractivity contribution in [3.63, 3.8) is 0 Å². The maximum Gasteiger partial charge on any atom is 0.416 e. The van der Waals surface area contributed by atoms with Gasteiger partial charge in [0.15, 0.2) is 0 Å². The van der Waals surface area contributed by atoms with Gasteiger partial charge in [0.1, 0.15) is 6.67 Å². The second-order valence-electron chi connectivity index (χ2n) is 6.32. The molecule has 1 atom stereocenters. The molecule has 0 aromatic heterocycles. The van der Waals surface area contributed by atoms with Crippen LogP contribution >= 0.6 is 0 Å². The SMILES string of the molecule is O=C(NC(CO)CF)c1ccc2c(-c3ccc(C(F)(F)F)cc3)cccc2c1. The Balaban J connectivity index is 1.95. The van der Waals surface area contributed by atoms with Gasteiger partial charge >= 0.3 is 6.18 Å². The lowest BCUT2D eigenvalue weighted by atomic mass is 9.96. The van der Waals surface area contributed by atoms with E-state index in [0.29, 0.717) is 16.5 Å². The molecule has 3 rings (SSSR count). The first-order valence-electron chi connectivity index (χ1n) is 8.51. The largest absolute Gasteiger partial charge is 0.416 e. The van der Waals surface area contributed by atoms with Crippen LogP contribution in [0.15, 0.2) is 60.7 Å². The number of halogens is 4. The quantitative estimate of drug-likeness (QED) is 0.626. The van der Waals surface area contributed by atoms with Crippen molar-refractivity contribution in [2.75, 3.05) is 13.3 Å².